The van der Waals surface area contributed by atoms with Crippen molar-refractivity contribution in [3.05, 3.63) is 35.4 Å². The molecular weight excluding hydrogens is 680 g/mol. The molecule has 2 rings (SSSR count). The van der Waals surface area contributed by atoms with Gasteiger partial charge < -0.3 is 55.0 Å². The van der Waals surface area contributed by atoms with E-state index < -0.39 is 0 Å². The summed E-state index contributed by atoms with van der Waals surface area (Å²) in [6.07, 6.45) is 0. The van der Waals surface area contributed by atoms with E-state index in [1.165, 1.54) is 0 Å². The Balaban J connectivity index is -0.00000160. The standard InChI is InChI=1S/C28H47N5O6.5ClH/c1-34-23-15-21(16-24(35-2)27(23)38-5)19-32-13-11-30-9-7-29-8-10-31-12-14-33-20-22-17-25(36-3)28(39-6)26(18-22)37-4;;;;;/h15-18,29-33H,7-14,19-20H2,1-6H3;5*1H. The minimum atomic E-state index is 0. The van der Waals surface area contributed by atoms with Crippen molar-refractivity contribution in [3.63, 3.8) is 0 Å². The number of hydrogen-bond donors (Lipinski definition) is 5. The molecule has 0 spiro atoms. The van der Waals surface area contributed by atoms with Crippen molar-refractivity contribution in [2.75, 3.05) is 95.0 Å². The van der Waals surface area contributed by atoms with E-state index in [0.717, 1.165) is 76.6 Å². The van der Waals surface area contributed by atoms with E-state index >= 15 is 0 Å². The van der Waals surface area contributed by atoms with Crippen LogP contribution in [0.1, 0.15) is 11.1 Å². The summed E-state index contributed by atoms with van der Waals surface area (Å²) in [6, 6.07) is 7.86. The second-order valence-corrected chi connectivity index (χ2v) is 8.67. The van der Waals surface area contributed by atoms with Gasteiger partial charge in [-0.15, -0.1) is 62.0 Å². The van der Waals surface area contributed by atoms with Crippen molar-refractivity contribution < 1.29 is 28.4 Å². The fourth-order valence-electron chi connectivity index (χ4n) is 4.02. The molecule has 0 saturated carbocycles. The van der Waals surface area contributed by atoms with Crippen LogP contribution in [-0.2, 0) is 13.1 Å². The highest BCUT2D eigenvalue weighted by Gasteiger charge is 2.14. The fraction of sp³-hybridized carbons (Fsp3) is 0.571. The molecule has 5 N–H and O–H groups in total. The minimum absolute atomic E-state index is 0. The molecule has 2 aromatic carbocycles. The summed E-state index contributed by atoms with van der Waals surface area (Å²) in [5.74, 6) is 3.88. The maximum absolute atomic E-state index is 5.41. The molecule has 0 aromatic heterocycles. The highest BCUT2D eigenvalue weighted by molar-refractivity contribution is 5.86. The lowest BCUT2D eigenvalue weighted by Crippen LogP contribution is -2.36. The van der Waals surface area contributed by atoms with Gasteiger partial charge in [0.1, 0.15) is 0 Å². The van der Waals surface area contributed by atoms with E-state index in [1.54, 1.807) is 42.7 Å². The van der Waals surface area contributed by atoms with Crippen molar-refractivity contribution >= 4 is 62.0 Å². The average Bonchev–Trinajstić information content (AvgIpc) is 2.97. The smallest absolute Gasteiger partial charge is 0.203 e. The first kappa shape index (κ1) is 49.4. The van der Waals surface area contributed by atoms with Gasteiger partial charge in [-0.1, -0.05) is 0 Å². The first-order valence-electron chi connectivity index (χ1n) is 13.2. The van der Waals surface area contributed by atoms with Gasteiger partial charge in [-0.25, -0.2) is 0 Å². The molecule has 0 atom stereocenters. The highest BCUT2D eigenvalue weighted by Crippen LogP contribution is 2.39. The molecule has 44 heavy (non-hydrogen) atoms. The normalized spacial score (nSPS) is 9.59. The van der Waals surface area contributed by atoms with Crippen LogP contribution in [-0.4, -0.2) is 95.0 Å². The summed E-state index contributed by atoms with van der Waals surface area (Å²) in [5, 5.41) is 17.2. The summed E-state index contributed by atoms with van der Waals surface area (Å²) in [4.78, 5) is 0. The topological polar surface area (TPSA) is 116 Å². The maximum Gasteiger partial charge on any atom is 0.203 e. The SMILES string of the molecule is COc1cc(CNCCNCCNCCNCCNCc2cc(OC)c(OC)c(OC)c2)cc(OC)c1OC.Cl.Cl.Cl.Cl.Cl. The van der Waals surface area contributed by atoms with E-state index in [1.807, 2.05) is 24.3 Å². The van der Waals surface area contributed by atoms with Gasteiger partial charge in [-0.05, 0) is 35.4 Å². The van der Waals surface area contributed by atoms with Gasteiger partial charge in [0.2, 0.25) is 11.5 Å². The fourth-order valence-corrected chi connectivity index (χ4v) is 4.02. The molecule has 0 aliphatic carbocycles. The highest BCUT2D eigenvalue weighted by atomic mass is 35.5. The van der Waals surface area contributed by atoms with Gasteiger partial charge in [0.15, 0.2) is 23.0 Å². The largest absolute Gasteiger partial charge is 0.493 e. The first-order chi connectivity index (χ1) is 19.1. The number of rotatable bonds is 22. The molecule has 0 aliphatic heterocycles. The van der Waals surface area contributed by atoms with E-state index in [4.69, 9.17) is 28.4 Å². The third-order valence-corrected chi connectivity index (χ3v) is 6.02. The molecule has 11 nitrogen and oxygen atoms in total. The number of benzene rings is 2. The number of methoxy groups -OCH3 is 6. The minimum Gasteiger partial charge on any atom is -0.493 e. The van der Waals surface area contributed by atoms with Crippen LogP contribution in [0.5, 0.6) is 34.5 Å². The Kier molecular flexibility index (Phi) is 33.8. The van der Waals surface area contributed by atoms with Gasteiger partial charge in [-0.3, -0.25) is 0 Å². The van der Waals surface area contributed by atoms with Crippen LogP contribution in [0.25, 0.3) is 0 Å². The third-order valence-electron chi connectivity index (χ3n) is 6.02. The van der Waals surface area contributed by atoms with Crippen molar-refractivity contribution in [2.24, 2.45) is 0 Å². The van der Waals surface area contributed by atoms with Crippen molar-refractivity contribution in [3.8, 4) is 34.5 Å². The zero-order valence-corrected chi connectivity index (χ0v) is 30.5. The maximum atomic E-state index is 5.41. The van der Waals surface area contributed by atoms with Crippen LogP contribution in [0, 0.1) is 0 Å². The summed E-state index contributed by atoms with van der Waals surface area (Å²) in [7, 11) is 9.72. The first-order valence-corrected chi connectivity index (χ1v) is 13.2. The molecular formula is C28H52Cl5N5O6. The molecule has 0 fully saturated rings. The zero-order valence-electron chi connectivity index (χ0n) is 26.4. The summed E-state index contributed by atoms with van der Waals surface area (Å²) >= 11 is 0. The van der Waals surface area contributed by atoms with Gasteiger partial charge in [0, 0.05) is 65.4 Å². The van der Waals surface area contributed by atoms with Crippen molar-refractivity contribution in [2.45, 2.75) is 13.1 Å². The van der Waals surface area contributed by atoms with E-state index in [9.17, 15) is 0 Å². The molecule has 0 unspecified atom stereocenters. The molecule has 0 aliphatic rings. The van der Waals surface area contributed by atoms with Gasteiger partial charge in [-0.2, -0.15) is 0 Å². The molecule has 260 valence electrons. The second-order valence-electron chi connectivity index (χ2n) is 8.67. The average molecular weight is 732 g/mol. The molecule has 16 heteroatoms. The number of hydrogen-bond acceptors (Lipinski definition) is 11. The second kappa shape index (κ2) is 30.2. The summed E-state index contributed by atoms with van der Waals surface area (Å²) < 4.78 is 32.4. The van der Waals surface area contributed by atoms with Crippen LogP contribution < -0.4 is 55.0 Å². The van der Waals surface area contributed by atoms with E-state index in [2.05, 4.69) is 26.6 Å². The van der Waals surface area contributed by atoms with Crippen LogP contribution in [0.2, 0.25) is 0 Å². The van der Waals surface area contributed by atoms with E-state index in [0.29, 0.717) is 34.5 Å². The number of ether oxygens (including phenoxy) is 6. The molecule has 0 amide bonds. The molecule has 0 radical (unpaired) electrons. The number of halogens is 5. The predicted octanol–water partition coefficient (Wildman–Crippen LogP) is 3.50. The van der Waals surface area contributed by atoms with Crippen LogP contribution >= 0.6 is 62.0 Å². The lowest BCUT2D eigenvalue weighted by molar-refractivity contribution is 0.323. The van der Waals surface area contributed by atoms with Crippen molar-refractivity contribution in [1.29, 1.82) is 0 Å². The Labute approximate surface area is 294 Å². The molecule has 0 heterocycles. The Morgan fingerprint density at radius 1 is 0.364 bits per heavy atom. The van der Waals surface area contributed by atoms with Crippen LogP contribution in [0.15, 0.2) is 24.3 Å². The monoisotopic (exact) mass is 729 g/mol. The van der Waals surface area contributed by atoms with Gasteiger partial charge >= 0.3 is 0 Å². The summed E-state index contributed by atoms with van der Waals surface area (Å²) in [6.45, 7) is 8.64. The third kappa shape index (κ3) is 17.3. The molecule has 2 aromatic rings. The predicted molar refractivity (Wildman–Crippen MR) is 190 cm³/mol. The Morgan fingerprint density at radius 2 is 0.591 bits per heavy atom. The molecule has 0 bridgehead atoms. The Bertz CT molecular complexity index is 859. The molecule has 0 saturated heterocycles. The van der Waals surface area contributed by atoms with E-state index in [-0.39, 0.29) is 62.0 Å². The summed E-state index contributed by atoms with van der Waals surface area (Å²) in [5.41, 5.74) is 2.16. The van der Waals surface area contributed by atoms with Crippen molar-refractivity contribution in [1.82, 2.24) is 26.6 Å². The quantitative estimate of drug-likeness (QED) is 0.115. The van der Waals surface area contributed by atoms with Gasteiger partial charge in [0.25, 0.3) is 0 Å². The Hall–Kier alpha value is -1.51. The zero-order chi connectivity index (χ0) is 28.3. The lowest BCUT2D eigenvalue weighted by atomic mass is 10.2. The van der Waals surface area contributed by atoms with Crippen LogP contribution in [0.3, 0.4) is 0 Å². The lowest BCUT2D eigenvalue weighted by Gasteiger charge is -2.14. The van der Waals surface area contributed by atoms with Crippen LogP contribution in [0.4, 0.5) is 0 Å². The van der Waals surface area contributed by atoms with Gasteiger partial charge in [0.05, 0.1) is 42.7 Å². The number of nitrogens with one attached hydrogen (secondary N) is 5. The Morgan fingerprint density at radius 3 is 0.795 bits per heavy atom.